The summed E-state index contributed by atoms with van der Waals surface area (Å²) in [5, 5.41) is 9.73. The quantitative estimate of drug-likeness (QED) is 0.693. The number of rotatable bonds is 2. The van der Waals surface area contributed by atoms with Gasteiger partial charge in [0.05, 0.1) is 11.3 Å². The van der Waals surface area contributed by atoms with Crippen molar-refractivity contribution in [3.63, 3.8) is 0 Å². The summed E-state index contributed by atoms with van der Waals surface area (Å²) in [5.74, 6) is 0. The van der Waals surface area contributed by atoms with Gasteiger partial charge < -0.3 is 4.98 Å². The first-order valence-electron chi connectivity index (χ1n) is 7.11. The first-order valence-corrected chi connectivity index (χ1v) is 7.11. The van der Waals surface area contributed by atoms with E-state index < -0.39 is 22.9 Å². The van der Waals surface area contributed by atoms with E-state index in [4.69, 9.17) is 0 Å². The smallest absolute Gasteiger partial charge is 0.341 e. The summed E-state index contributed by atoms with van der Waals surface area (Å²) in [6.07, 6.45) is -4.51. The molecule has 0 aliphatic rings. The lowest BCUT2D eigenvalue weighted by atomic mass is 10.2. The zero-order valence-corrected chi connectivity index (χ0v) is 13.1. The van der Waals surface area contributed by atoms with Gasteiger partial charge in [0, 0.05) is 11.3 Å². The van der Waals surface area contributed by atoms with Crippen LogP contribution in [-0.4, -0.2) is 14.6 Å². The molecule has 130 valence electrons. The third-order valence-corrected chi connectivity index (χ3v) is 3.71. The number of fused-ring (bicyclic) bond motifs is 1. The molecule has 0 saturated carbocycles. The number of nitrogens with one attached hydrogen (secondary N) is 2. The van der Waals surface area contributed by atoms with Crippen LogP contribution in [0.15, 0.2) is 44.1 Å². The molecule has 25 heavy (non-hydrogen) atoms. The van der Waals surface area contributed by atoms with Crippen molar-refractivity contribution in [2.45, 2.75) is 20.0 Å². The average Bonchev–Trinajstić information content (AvgIpc) is 2.86. The molecule has 3 aromatic rings. The molecule has 0 unspecified atom stereocenters. The SMILES string of the molecule is Cc1[nH]c2c(N=Nc3cccc(C(F)(F)F)c3)c(=O)[nH]n2c(=O)c1C. The zero-order valence-electron chi connectivity index (χ0n) is 13.1. The molecule has 2 aromatic heterocycles. The van der Waals surface area contributed by atoms with E-state index in [1.54, 1.807) is 13.8 Å². The molecule has 0 bridgehead atoms. The van der Waals surface area contributed by atoms with E-state index >= 15 is 0 Å². The van der Waals surface area contributed by atoms with Crippen molar-refractivity contribution < 1.29 is 13.2 Å². The third kappa shape index (κ3) is 2.97. The highest BCUT2D eigenvalue weighted by molar-refractivity contribution is 5.62. The molecule has 0 fully saturated rings. The van der Waals surface area contributed by atoms with E-state index in [2.05, 4.69) is 20.3 Å². The molecule has 3 rings (SSSR count). The number of hydrogen-bond donors (Lipinski definition) is 2. The highest BCUT2D eigenvalue weighted by atomic mass is 19.4. The third-order valence-electron chi connectivity index (χ3n) is 3.71. The van der Waals surface area contributed by atoms with Crippen LogP contribution in [0.4, 0.5) is 24.5 Å². The standard InChI is InChI=1S/C15H12F3N5O2/c1-7-8(2)19-12-11(13(24)22-23(12)14(7)25)21-20-10-5-3-4-9(6-10)15(16,17)18/h3-6,19H,1-2H3,(H,22,24). The highest BCUT2D eigenvalue weighted by Gasteiger charge is 2.30. The fourth-order valence-electron chi connectivity index (χ4n) is 2.24. The van der Waals surface area contributed by atoms with Gasteiger partial charge in [-0.1, -0.05) is 6.07 Å². The summed E-state index contributed by atoms with van der Waals surface area (Å²) in [7, 11) is 0. The Morgan fingerprint density at radius 2 is 1.84 bits per heavy atom. The second-order valence-electron chi connectivity index (χ2n) is 5.40. The maximum absolute atomic E-state index is 12.7. The Labute approximate surface area is 137 Å². The van der Waals surface area contributed by atoms with E-state index in [1.165, 1.54) is 12.1 Å². The number of H-pyrrole nitrogens is 2. The van der Waals surface area contributed by atoms with E-state index in [1.807, 2.05) is 0 Å². The topological polar surface area (TPSA) is 94.8 Å². The fourth-order valence-corrected chi connectivity index (χ4v) is 2.24. The molecule has 1 aromatic carbocycles. The van der Waals surface area contributed by atoms with Crippen molar-refractivity contribution in [1.29, 1.82) is 0 Å². The maximum atomic E-state index is 12.7. The van der Waals surface area contributed by atoms with Crippen LogP contribution in [0.1, 0.15) is 16.8 Å². The summed E-state index contributed by atoms with van der Waals surface area (Å²) in [6, 6.07) is 4.23. The van der Waals surface area contributed by atoms with Gasteiger partial charge in [-0.25, -0.2) is 0 Å². The van der Waals surface area contributed by atoms with Gasteiger partial charge in [-0.3, -0.25) is 14.7 Å². The summed E-state index contributed by atoms with van der Waals surface area (Å²) in [6.45, 7) is 3.25. The Morgan fingerprint density at radius 3 is 2.52 bits per heavy atom. The van der Waals surface area contributed by atoms with Crippen LogP contribution >= 0.6 is 0 Å². The molecule has 2 N–H and O–H groups in total. The van der Waals surface area contributed by atoms with E-state index in [-0.39, 0.29) is 17.0 Å². The van der Waals surface area contributed by atoms with Crippen molar-refractivity contribution in [3.8, 4) is 0 Å². The zero-order chi connectivity index (χ0) is 18.4. The predicted octanol–water partition coefficient (Wildman–Crippen LogP) is 3.37. The molecule has 7 nitrogen and oxygen atoms in total. The van der Waals surface area contributed by atoms with Crippen LogP contribution in [0.25, 0.3) is 5.65 Å². The summed E-state index contributed by atoms with van der Waals surface area (Å²) in [4.78, 5) is 27.0. The largest absolute Gasteiger partial charge is 0.416 e. The minimum absolute atomic E-state index is 0.0697. The maximum Gasteiger partial charge on any atom is 0.416 e. The van der Waals surface area contributed by atoms with Crippen molar-refractivity contribution in [1.82, 2.24) is 14.6 Å². The minimum atomic E-state index is -4.51. The Bertz CT molecular complexity index is 1110. The van der Waals surface area contributed by atoms with Gasteiger partial charge in [-0.05, 0) is 32.0 Å². The van der Waals surface area contributed by atoms with Crippen LogP contribution in [0.3, 0.4) is 0 Å². The molecule has 0 aliphatic carbocycles. The second-order valence-corrected chi connectivity index (χ2v) is 5.40. The van der Waals surface area contributed by atoms with Crippen LogP contribution in [0.2, 0.25) is 0 Å². The number of azo groups is 1. The number of alkyl halides is 3. The van der Waals surface area contributed by atoms with Crippen molar-refractivity contribution in [3.05, 3.63) is 61.8 Å². The number of hydrogen-bond acceptors (Lipinski definition) is 4. The molecule has 0 amide bonds. The van der Waals surface area contributed by atoms with Gasteiger partial charge in [0.25, 0.3) is 11.1 Å². The predicted molar refractivity (Wildman–Crippen MR) is 83.7 cm³/mol. The fraction of sp³-hybridized carbons (Fsp3) is 0.200. The van der Waals surface area contributed by atoms with Crippen LogP contribution in [0, 0.1) is 13.8 Å². The van der Waals surface area contributed by atoms with Crippen LogP contribution < -0.4 is 11.1 Å². The van der Waals surface area contributed by atoms with Crippen LogP contribution in [0.5, 0.6) is 0 Å². The molecule has 2 heterocycles. The summed E-state index contributed by atoms with van der Waals surface area (Å²) in [5.41, 5.74) is -1.21. The highest BCUT2D eigenvalue weighted by Crippen LogP contribution is 2.31. The first kappa shape index (κ1) is 16.7. The molecule has 0 saturated heterocycles. The molecule has 0 aliphatic heterocycles. The number of aromatic nitrogens is 3. The van der Waals surface area contributed by atoms with Gasteiger partial charge >= 0.3 is 6.18 Å². The van der Waals surface area contributed by atoms with Gasteiger partial charge in [0.1, 0.15) is 0 Å². The molecular weight excluding hydrogens is 339 g/mol. The molecular formula is C15H12F3N5O2. The lowest BCUT2D eigenvalue weighted by molar-refractivity contribution is -0.137. The second kappa shape index (κ2) is 5.72. The lowest BCUT2D eigenvalue weighted by Crippen LogP contribution is -2.20. The monoisotopic (exact) mass is 351 g/mol. The summed E-state index contributed by atoms with van der Waals surface area (Å²) >= 11 is 0. The van der Waals surface area contributed by atoms with E-state index in [0.717, 1.165) is 16.6 Å². The summed E-state index contributed by atoms with van der Waals surface area (Å²) < 4.78 is 39.1. The molecule has 0 atom stereocenters. The Balaban J connectivity index is 2.10. The van der Waals surface area contributed by atoms with Gasteiger partial charge in [-0.2, -0.15) is 22.8 Å². The lowest BCUT2D eigenvalue weighted by Gasteiger charge is -2.05. The first-order chi connectivity index (χ1) is 11.7. The number of halogens is 3. The van der Waals surface area contributed by atoms with Crippen molar-refractivity contribution >= 4 is 17.0 Å². The van der Waals surface area contributed by atoms with Crippen molar-refractivity contribution in [2.75, 3.05) is 0 Å². The number of benzene rings is 1. The molecule has 0 spiro atoms. The Hall–Kier alpha value is -3.17. The molecule has 0 radical (unpaired) electrons. The molecule has 10 heteroatoms. The van der Waals surface area contributed by atoms with Gasteiger partial charge in [0.2, 0.25) is 0 Å². The van der Waals surface area contributed by atoms with E-state index in [9.17, 15) is 22.8 Å². The van der Waals surface area contributed by atoms with Crippen molar-refractivity contribution in [2.24, 2.45) is 10.2 Å². The van der Waals surface area contributed by atoms with Gasteiger partial charge in [0.15, 0.2) is 11.3 Å². The Kier molecular flexibility index (Phi) is 3.82. The normalized spacial score (nSPS) is 12.4. The van der Waals surface area contributed by atoms with E-state index in [0.29, 0.717) is 11.3 Å². The van der Waals surface area contributed by atoms with Crippen LogP contribution in [-0.2, 0) is 6.18 Å². The number of aryl methyl sites for hydroxylation is 1. The van der Waals surface area contributed by atoms with Gasteiger partial charge in [-0.15, -0.1) is 5.11 Å². The Morgan fingerprint density at radius 1 is 1.12 bits per heavy atom. The number of aromatic amines is 2. The average molecular weight is 351 g/mol. The minimum Gasteiger partial charge on any atom is -0.341 e. The number of nitrogens with zero attached hydrogens (tertiary/aromatic N) is 3.